The molecule has 0 unspecified atom stereocenters. The quantitative estimate of drug-likeness (QED) is 0.880. The van der Waals surface area contributed by atoms with Crippen molar-refractivity contribution in [3.8, 4) is 0 Å². The summed E-state index contributed by atoms with van der Waals surface area (Å²) in [5.41, 5.74) is 1.28. The molecule has 0 atom stereocenters. The van der Waals surface area contributed by atoms with Crippen LogP contribution in [0.2, 0.25) is 0 Å². The van der Waals surface area contributed by atoms with Crippen molar-refractivity contribution in [3.05, 3.63) is 34.2 Å². The number of H-pyrrole nitrogens is 1. The maximum absolute atomic E-state index is 12.7. The fourth-order valence-electron chi connectivity index (χ4n) is 2.82. The average molecular weight is 321 g/mol. The molecular weight excluding hydrogens is 302 g/mol. The molecule has 22 heavy (non-hydrogen) atoms. The van der Waals surface area contributed by atoms with Gasteiger partial charge in [-0.1, -0.05) is 6.92 Å². The normalized spacial score (nSPS) is 17.0. The van der Waals surface area contributed by atoms with Gasteiger partial charge in [0.1, 0.15) is 5.69 Å². The molecule has 1 fully saturated rings. The van der Waals surface area contributed by atoms with Crippen molar-refractivity contribution >= 4 is 20.9 Å². The van der Waals surface area contributed by atoms with Gasteiger partial charge in [-0.25, -0.2) is 13.4 Å². The highest BCUT2D eigenvalue weighted by molar-refractivity contribution is 7.92. The van der Waals surface area contributed by atoms with Gasteiger partial charge < -0.3 is 10.3 Å². The Morgan fingerprint density at radius 1 is 1.27 bits per heavy atom. The number of benzene rings is 1. The molecule has 0 amide bonds. The Kier molecular flexibility index (Phi) is 4.01. The van der Waals surface area contributed by atoms with Gasteiger partial charge in [0.15, 0.2) is 9.84 Å². The molecule has 2 heterocycles. The van der Waals surface area contributed by atoms with E-state index in [1.807, 2.05) is 6.92 Å². The highest BCUT2D eigenvalue weighted by Crippen LogP contribution is 2.24. The number of nitrogens with one attached hydrogen (secondary N) is 2. The lowest BCUT2D eigenvalue weighted by Gasteiger charge is -2.22. The molecule has 0 aliphatic carbocycles. The molecule has 2 N–H and O–H groups in total. The van der Waals surface area contributed by atoms with Crippen molar-refractivity contribution in [2.45, 2.75) is 36.3 Å². The first-order chi connectivity index (χ1) is 10.5. The Morgan fingerprint density at radius 3 is 2.68 bits per heavy atom. The monoisotopic (exact) mass is 321 g/mol. The number of sulfone groups is 1. The summed E-state index contributed by atoms with van der Waals surface area (Å²) in [6.07, 6.45) is 1.77. The number of aromatic nitrogens is 2. The molecule has 0 bridgehead atoms. The van der Waals surface area contributed by atoms with Crippen LogP contribution in [0.15, 0.2) is 27.9 Å². The third-order valence-electron chi connectivity index (χ3n) is 4.12. The largest absolute Gasteiger partial charge is 0.319 e. The molecule has 2 aromatic rings. The zero-order chi connectivity index (χ0) is 15.7. The van der Waals surface area contributed by atoms with E-state index in [4.69, 9.17) is 0 Å². The predicted molar refractivity (Wildman–Crippen MR) is 84.8 cm³/mol. The highest BCUT2D eigenvalue weighted by atomic mass is 32.2. The van der Waals surface area contributed by atoms with Gasteiger partial charge in [0, 0.05) is 0 Å². The van der Waals surface area contributed by atoms with E-state index in [9.17, 15) is 13.2 Å². The van der Waals surface area contributed by atoms with Crippen LogP contribution in [0.25, 0.3) is 11.0 Å². The van der Waals surface area contributed by atoms with Crippen LogP contribution in [0, 0.1) is 0 Å². The Bertz CT molecular complexity index is 852. The van der Waals surface area contributed by atoms with Crippen LogP contribution >= 0.6 is 0 Å². The molecule has 7 heteroatoms. The second-order valence-corrected chi connectivity index (χ2v) is 7.77. The number of hydrogen-bond donors (Lipinski definition) is 2. The molecule has 1 saturated heterocycles. The number of aryl methyl sites for hydroxylation is 1. The summed E-state index contributed by atoms with van der Waals surface area (Å²) in [6, 6.07) is 4.78. The van der Waals surface area contributed by atoms with Gasteiger partial charge in [0.2, 0.25) is 0 Å². The fraction of sp³-hybridized carbons (Fsp3) is 0.467. The number of piperidine rings is 1. The summed E-state index contributed by atoms with van der Waals surface area (Å²) in [7, 11) is -3.37. The van der Waals surface area contributed by atoms with E-state index in [0.29, 0.717) is 36.0 Å². The van der Waals surface area contributed by atoms with E-state index in [-0.39, 0.29) is 15.7 Å². The lowest BCUT2D eigenvalue weighted by Crippen LogP contribution is -2.35. The van der Waals surface area contributed by atoms with Crippen molar-refractivity contribution in [2.75, 3.05) is 13.1 Å². The highest BCUT2D eigenvalue weighted by Gasteiger charge is 2.29. The summed E-state index contributed by atoms with van der Waals surface area (Å²) < 4.78 is 25.4. The molecule has 0 saturated carbocycles. The van der Waals surface area contributed by atoms with Crippen LogP contribution in [0.4, 0.5) is 0 Å². The summed E-state index contributed by atoms with van der Waals surface area (Å²) in [5.74, 6) is 0. The molecule has 1 aliphatic rings. The van der Waals surface area contributed by atoms with E-state index in [1.54, 1.807) is 12.1 Å². The first-order valence-electron chi connectivity index (χ1n) is 7.50. The lowest BCUT2D eigenvalue weighted by atomic mass is 10.2. The smallest absolute Gasteiger partial charge is 0.270 e. The lowest BCUT2D eigenvalue weighted by molar-refractivity contribution is 0.496. The Morgan fingerprint density at radius 2 is 2.00 bits per heavy atom. The summed E-state index contributed by atoms with van der Waals surface area (Å²) >= 11 is 0. The second-order valence-electron chi connectivity index (χ2n) is 5.54. The summed E-state index contributed by atoms with van der Waals surface area (Å²) in [6.45, 7) is 3.30. The van der Waals surface area contributed by atoms with Crippen molar-refractivity contribution in [1.82, 2.24) is 15.3 Å². The van der Waals surface area contributed by atoms with Crippen LogP contribution < -0.4 is 10.9 Å². The van der Waals surface area contributed by atoms with Crippen molar-refractivity contribution in [2.24, 2.45) is 0 Å². The van der Waals surface area contributed by atoms with Gasteiger partial charge in [0.05, 0.1) is 21.2 Å². The number of fused-ring (bicyclic) bond motifs is 1. The van der Waals surface area contributed by atoms with E-state index < -0.39 is 9.84 Å². The number of nitrogens with zero attached hydrogens (tertiary/aromatic N) is 1. The predicted octanol–water partition coefficient (Wildman–Crippen LogP) is 1.01. The van der Waals surface area contributed by atoms with Gasteiger partial charge in [-0.05, 0) is 50.6 Å². The van der Waals surface area contributed by atoms with E-state index >= 15 is 0 Å². The average Bonchev–Trinajstić information content (AvgIpc) is 2.54. The van der Waals surface area contributed by atoms with Gasteiger partial charge in [-0.15, -0.1) is 0 Å². The molecule has 1 aliphatic heterocycles. The minimum atomic E-state index is -3.37. The van der Waals surface area contributed by atoms with Crippen molar-refractivity contribution in [3.63, 3.8) is 0 Å². The van der Waals surface area contributed by atoms with E-state index in [0.717, 1.165) is 13.1 Å². The van der Waals surface area contributed by atoms with Crippen LogP contribution in [0.1, 0.15) is 25.5 Å². The molecule has 6 nitrogen and oxygen atoms in total. The number of hydrogen-bond acceptors (Lipinski definition) is 5. The molecule has 1 aromatic heterocycles. The van der Waals surface area contributed by atoms with Crippen LogP contribution in [0.5, 0.6) is 0 Å². The molecule has 0 spiro atoms. The van der Waals surface area contributed by atoms with E-state index in [2.05, 4.69) is 15.3 Å². The summed E-state index contributed by atoms with van der Waals surface area (Å²) in [4.78, 5) is 19.1. The third-order valence-corrected chi connectivity index (χ3v) is 6.38. The molecule has 1 aromatic carbocycles. The molecule has 3 rings (SSSR count). The first kappa shape index (κ1) is 15.2. The zero-order valence-electron chi connectivity index (χ0n) is 12.4. The summed E-state index contributed by atoms with van der Waals surface area (Å²) in [5, 5.41) is 2.81. The minimum Gasteiger partial charge on any atom is -0.319 e. The van der Waals surface area contributed by atoms with Crippen LogP contribution in [-0.4, -0.2) is 36.7 Å². The number of aromatic amines is 1. The first-order valence-corrected chi connectivity index (χ1v) is 9.04. The second kappa shape index (κ2) is 5.81. The standard InChI is InChI=1S/C15H19N3O3S/c1-2-12-15(19)18-14-9-11(3-4-13(14)17-12)22(20,21)10-5-7-16-8-6-10/h3-4,9-10,16H,2,5-8H2,1H3,(H,18,19). The van der Waals surface area contributed by atoms with Gasteiger partial charge >= 0.3 is 0 Å². The fourth-order valence-corrected chi connectivity index (χ4v) is 4.60. The van der Waals surface area contributed by atoms with Crippen molar-refractivity contribution < 1.29 is 8.42 Å². The maximum Gasteiger partial charge on any atom is 0.270 e. The van der Waals surface area contributed by atoms with Crippen molar-refractivity contribution in [1.29, 1.82) is 0 Å². The molecular formula is C15H19N3O3S. The van der Waals surface area contributed by atoms with Crippen LogP contribution in [-0.2, 0) is 16.3 Å². The van der Waals surface area contributed by atoms with E-state index in [1.165, 1.54) is 6.07 Å². The van der Waals surface area contributed by atoms with Gasteiger partial charge in [-0.3, -0.25) is 4.79 Å². The Labute approximate surface area is 128 Å². The maximum atomic E-state index is 12.7. The van der Waals surface area contributed by atoms with Gasteiger partial charge in [0.25, 0.3) is 5.56 Å². The Hall–Kier alpha value is -1.73. The molecule has 0 radical (unpaired) electrons. The number of rotatable bonds is 3. The molecule has 118 valence electrons. The Balaban J connectivity index is 2.06. The zero-order valence-corrected chi connectivity index (χ0v) is 13.2. The topological polar surface area (TPSA) is 91.9 Å². The minimum absolute atomic E-state index is 0.258. The van der Waals surface area contributed by atoms with Crippen LogP contribution in [0.3, 0.4) is 0 Å². The third kappa shape index (κ3) is 2.66. The SMILES string of the molecule is CCc1nc2ccc(S(=O)(=O)C3CCNCC3)cc2[nH]c1=O. The van der Waals surface area contributed by atoms with Gasteiger partial charge in [-0.2, -0.15) is 0 Å².